The SMILES string of the molecule is Cc1cccc(N(c2ccc(C#N)cc2)c2ccc3cc4c5ccc(N(c6ccc(C#N)cc6)c6cccc(C)c6)c6c7ccc8ccccc8c7n(c4cc3c2)c56)c1. The summed E-state index contributed by atoms with van der Waals surface area (Å²) in [4.78, 5) is 4.60. The van der Waals surface area contributed by atoms with Crippen LogP contribution in [0.15, 0.2) is 176 Å². The molecule has 59 heavy (non-hydrogen) atoms. The van der Waals surface area contributed by atoms with Gasteiger partial charge < -0.3 is 14.2 Å². The summed E-state index contributed by atoms with van der Waals surface area (Å²) in [5, 5.41) is 28.7. The Labute approximate surface area is 341 Å². The van der Waals surface area contributed by atoms with Crippen molar-refractivity contribution in [3.05, 3.63) is 198 Å². The second-order valence-electron chi connectivity index (χ2n) is 15.4. The minimum absolute atomic E-state index is 0.629. The number of hydrogen-bond acceptors (Lipinski definition) is 4. The van der Waals surface area contributed by atoms with Crippen LogP contribution in [0.5, 0.6) is 0 Å². The van der Waals surface area contributed by atoms with Crippen molar-refractivity contribution in [3.8, 4) is 12.1 Å². The minimum atomic E-state index is 0.629. The quantitative estimate of drug-likeness (QED) is 0.170. The molecule has 0 amide bonds. The topological polar surface area (TPSA) is 58.5 Å². The van der Waals surface area contributed by atoms with Crippen LogP contribution in [0.1, 0.15) is 22.3 Å². The average molecular weight is 754 g/mol. The summed E-state index contributed by atoms with van der Waals surface area (Å²) >= 11 is 0. The van der Waals surface area contributed by atoms with Crippen molar-refractivity contribution in [2.45, 2.75) is 13.8 Å². The number of anilines is 6. The predicted octanol–water partition coefficient (Wildman–Crippen LogP) is 14.4. The monoisotopic (exact) mass is 753 g/mol. The van der Waals surface area contributed by atoms with Gasteiger partial charge in [0.25, 0.3) is 0 Å². The van der Waals surface area contributed by atoms with Crippen LogP contribution in [0.4, 0.5) is 34.1 Å². The van der Waals surface area contributed by atoms with Crippen molar-refractivity contribution < 1.29 is 0 Å². The van der Waals surface area contributed by atoms with Gasteiger partial charge in [-0.1, -0.05) is 72.8 Å². The van der Waals surface area contributed by atoms with Gasteiger partial charge in [-0.05, 0) is 144 Å². The van der Waals surface area contributed by atoms with Crippen LogP contribution in [-0.4, -0.2) is 4.40 Å². The summed E-state index contributed by atoms with van der Waals surface area (Å²) < 4.78 is 2.50. The zero-order valence-electron chi connectivity index (χ0n) is 32.5. The molecule has 0 spiro atoms. The fraction of sp³-hybridized carbons (Fsp3) is 0.0370. The number of benzene rings is 9. The van der Waals surface area contributed by atoms with Gasteiger partial charge >= 0.3 is 0 Å². The maximum Gasteiger partial charge on any atom is 0.0991 e. The minimum Gasteiger partial charge on any atom is -0.310 e. The first-order chi connectivity index (χ1) is 29.0. The van der Waals surface area contributed by atoms with Crippen molar-refractivity contribution in [3.63, 3.8) is 0 Å². The van der Waals surface area contributed by atoms with Gasteiger partial charge in [0.15, 0.2) is 0 Å². The van der Waals surface area contributed by atoms with Crippen LogP contribution >= 0.6 is 0 Å². The highest BCUT2D eigenvalue weighted by Crippen LogP contribution is 2.49. The maximum atomic E-state index is 9.68. The van der Waals surface area contributed by atoms with E-state index in [9.17, 15) is 10.5 Å². The molecule has 11 rings (SSSR count). The van der Waals surface area contributed by atoms with E-state index >= 15 is 0 Å². The first-order valence-corrected chi connectivity index (χ1v) is 19.8. The summed E-state index contributed by atoms with van der Waals surface area (Å²) in [5.74, 6) is 0. The second-order valence-corrected chi connectivity index (χ2v) is 15.4. The molecule has 0 bridgehead atoms. The number of nitrogens with zero attached hydrogens (tertiary/aromatic N) is 5. The number of nitriles is 2. The molecule has 0 N–H and O–H groups in total. The molecular formula is C54H35N5. The Bertz CT molecular complexity index is 3550. The molecule has 0 unspecified atom stereocenters. The van der Waals surface area contributed by atoms with E-state index in [4.69, 9.17) is 0 Å². The maximum absolute atomic E-state index is 9.68. The van der Waals surface area contributed by atoms with Crippen molar-refractivity contribution in [2.24, 2.45) is 0 Å². The lowest BCUT2D eigenvalue weighted by atomic mass is 10.00. The van der Waals surface area contributed by atoms with E-state index in [-0.39, 0.29) is 0 Å². The number of aryl methyl sites for hydroxylation is 2. The molecule has 0 fully saturated rings. The summed E-state index contributed by atoms with van der Waals surface area (Å²) in [6.07, 6.45) is 0. The van der Waals surface area contributed by atoms with Gasteiger partial charge in [-0.2, -0.15) is 10.5 Å². The van der Waals surface area contributed by atoms with Gasteiger partial charge in [-0.3, -0.25) is 0 Å². The summed E-state index contributed by atoms with van der Waals surface area (Å²) in [6.45, 7) is 4.24. The number of hydrogen-bond donors (Lipinski definition) is 0. The molecular weight excluding hydrogens is 719 g/mol. The van der Waals surface area contributed by atoms with Gasteiger partial charge in [0.05, 0.1) is 45.5 Å². The zero-order valence-corrected chi connectivity index (χ0v) is 32.5. The highest BCUT2D eigenvalue weighted by Gasteiger charge is 2.25. The Hall–Kier alpha value is -8.12. The van der Waals surface area contributed by atoms with Crippen molar-refractivity contribution >= 4 is 93.8 Å². The number of rotatable bonds is 6. The van der Waals surface area contributed by atoms with E-state index in [1.165, 1.54) is 54.5 Å². The smallest absolute Gasteiger partial charge is 0.0991 e. The Balaban J connectivity index is 1.21. The lowest BCUT2D eigenvalue weighted by molar-refractivity contribution is 1.27. The number of aromatic nitrogens is 1. The molecule has 5 nitrogen and oxygen atoms in total. The highest BCUT2D eigenvalue weighted by atomic mass is 15.2. The average Bonchev–Trinajstić information content (AvgIpc) is 3.79. The standard InChI is InChI=1S/C54H35N5/c1-34-7-5-10-43(27-34)57(41-19-13-36(32-55)14-20-41)45-23-17-39-30-49-47-25-26-50(58(44-11-6-8-35(2)28-44)42-21-15-37(33-56)16-22-42)52-48-24-18-38-9-3-4-12-46(38)53(48)59(54(47)52)51(49)31-40(39)29-45/h3-31H,1-2H3. The summed E-state index contributed by atoms with van der Waals surface area (Å²) in [5.41, 5.74) is 13.3. The van der Waals surface area contributed by atoms with Crippen molar-refractivity contribution in [1.29, 1.82) is 10.5 Å². The third-order valence-corrected chi connectivity index (χ3v) is 11.8. The Morgan fingerprint density at radius 3 is 1.68 bits per heavy atom. The molecule has 2 aromatic heterocycles. The molecule has 0 saturated carbocycles. The molecule has 5 heteroatoms. The predicted molar refractivity (Wildman–Crippen MR) is 244 cm³/mol. The largest absolute Gasteiger partial charge is 0.310 e. The third-order valence-electron chi connectivity index (χ3n) is 11.8. The second kappa shape index (κ2) is 13.2. The Kier molecular flexibility index (Phi) is 7.66. The van der Waals surface area contributed by atoms with E-state index in [2.05, 4.69) is 168 Å². The van der Waals surface area contributed by atoms with Gasteiger partial charge in [0.2, 0.25) is 0 Å². The van der Waals surface area contributed by atoms with Gasteiger partial charge in [0.1, 0.15) is 0 Å². The highest BCUT2D eigenvalue weighted by molar-refractivity contribution is 6.31. The van der Waals surface area contributed by atoms with E-state index in [0.717, 1.165) is 50.4 Å². The van der Waals surface area contributed by atoms with E-state index < -0.39 is 0 Å². The molecule has 9 aromatic carbocycles. The first kappa shape index (κ1) is 34.2. The third kappa shape index (κ3) is 5.37. The van der Waals surface area contributed by atoms with Crippen LogP contribution in [0, 0.1) is 36.5 Å². The molecule has 0 radical (unpaired) electrons. The van der Waals surface area contributed by atoms with Crippen LogP contribution in [-0.2, 0) is 0 Å². The molecule has 0 aliphatic carbocycles. The van der Waals surface area contributed by atoms with Crippen LogP contribution in [0.3, 0.4) is 0 Å². The molecule has 0 aliphatic rings. The molecule has 11 aromatic rings. The van der Waals surface area contributed by atoms with Crippen LogP contribution in [0.2, 0.25) is 0 Å². The lowest BCUT2D eigenvalue weighted by Crippen LogP contribution is -2.10. The van der Waals surface area contributed by atoms with Crippen molar-refractivity contribution in [1.82, 2.24) is 4.40 Å². The van der Waals surface area contributed by atoms with Crippen LogP contribution in [0.25, 0.3) is 59.6 Å². The van der Waals surface area contributed by atoms with Crippen LogP contribution < -0.4 is 9.80 Å². The Morgan fingerprint density at radius 1 is 0.407 bits per heavy atom. The molecule has 0 saturated heterocycles. The van der Waals surface area contributed by atoms with Crippen molar-refractivity contribution in [2.75, 3.05) is 9.80 Å². The molecule has 0 aliphatic heterocycles. The molecule has 276 valence electrons. The molecule has 2 heterocycles. The molecule has 0 atom stereocenters. The fourth-order valence-corrected chi connectivity index (χ4v) is 9.12. The lowest BCUT2D eigenvalue weighted by Gasteiger charge is -2.27. The summed E-state index contributed by atoms with van der Waals surface area (Å²) in [6, 6.07) is 66.6. The number of fused-ring (bicyclic) bond motifs is 9. The van der Waals surface area contributed by atoms with E-state index in [1.54, 1.807) is 0 Å². The van der Waals surface area contributed by atoms with Gasteiger partial charge in [0, 0.05) is 55.4 Å². The van der Waals surface area contributed by atoms with Gasteiger partial charge in [-0.15, -0.1) is 0 Å². The Morgan fingerprint density at radius 2 is 1.00 bits per heavy atom. The van der Waals surface area contributed by atoms with E-state index in [1.807, 2.05) is 48.5 Å². The summed E-state index contributed by atoms with van der Waals surface area (Å²) in [7, 11) is 0. The van der Waals surface area contributed by atoms with Gasteiger partial charge in [-0.25, -0.2) is 0 Å². The fourth-order valence-electron chi connectivity index (χ4n) is 9.12. The normalized spacial score (nSPS) is 11.5. The first-order valence-electron chi connectivity index (χ1n) is 19.8. The zero-order chi connectivity index (χ0) is 39.8. The van der Waals surface area contributed by atoms with E-state index in [0.29, 0.717) is 11.1 Å².